The zero-order valence-corrected chi connectivity index (χ0v) is 35.1. The number of hydrogen-bond donors (Lipinski definition) is 1. The second-order valence-electron chi connectivity index (χ2n) is 18.4. The van der Waals surface area contributed by atoms with E-state index in [0.717, 1.165) is 74.2 Å². The zero-order valence-electron chi connectivity index (χ0n) is 34.2. The molecule has 6 nitrogen and oxygen atoms in total. The molecule has 1 amide bonds. The van der Waals surface area contributed by atoms with E-state index in [0.29, 0.717) is 29.5 Å². The summed E-state index contributed by atoms with van der Waals surface area (Å²) in [5.41, 5.74) is 2.43. The molecule has 290 valence electrons. The molecule has 5 unspecified atom stereocenters. The van der Waals surface area contributed by atoms with Crippen LogP contribution in [0.3, 0.4) is 0 Å². The minimum Gasteiger partial charge on any atom is -0.446 e. The standard InChI is InChI=1S/C43H79N2O4P/c1-31(2)18-17-19-34(7)38-22-23-39-37-21-20-35-30-36(24-26-42(35,8)40(37)25-27-43(38,39)9)49-41(46)44-28-15-13-11-12-14-16-29-48-50(47-10)45(32(3)4)33(5)6/h20,31-34,36-40H,11-19,21-30H2,1-10H3,(H,44,46)/t34-,36?,37?,38-,39?,40?,42+,43-,50?/m1/s1. The Morgan fingerprint density at radius 2 is 1.58 bits per heavy atom. The molecule has 3 saturated carbocycles. The number of nitrogens with one attached hydrogen (secondary N) is 1. The number of hydrogen-bond acceptors (Lipinski definition) is 5. The third-order valence-electron chi connectivity index (χ3n) is 14.0. The van der Waals surface area contributed by atoms with Gasteiger partial charge in [0, 0.05) is 32.2 Å². The molecule has 0 aromatic heterocycles. The lowest BCUT2D eigenvalue weighted by Gasteiger charge is -2.58. The van der Waals surface area contributed by atoms with Crippen LogP contribution < -0.4 is 5.32 Å². The van der Waals surface area contributed by atoms with E-state index in [-0.39, 0.29) is 12.2 Å². The highest BCUT2D eigenvalue weighted by Crippen LogP contribution is 2.67. The van der Waals surface area contributed by atoms with Crippen LogP contribution in [0.15, 0.2) is 11.6 Å². The summed E-state index contributed by atoms with van der Waals surface area (Å²) in [4.78, 5) is 12.8. The molecule has 50 heavy (non-hydrogen) atoms. The lowest BCUT2D eigenvalue weighted by atomic mass is 9.47. The molecule has 1 N–H and O–H groups in total. The van der Waals surface area contributed by atoms with E-state index < -0.39 is 8.53 Å². The Kier molecular flexibility index (Phi) is 16.5. The number of unbranched alkanes of at least 4 members (excludes halogenated alkanes) is 5. The van der Waals surface area contributed by atoms with Crippen molar-refractivity contribution in [1.82, 2.24) is 9.99 Å². The van der Waals surface area contributed by atoms with Gasteiger partial charge in [-0.1, -0.05) is 91.2 Å². The van der Waals surface area contributed by atoms with Gasteiger partial charge in [0.2, 0.25) is 0 Å². The van der Waals surface area contributed by atoms with E-state index in [9.17, 15) is 4.79 Å². The second kappa shape index (κ2) is 19.6. The molecular weight excluding hydrogens is 639 g/mol. The summed E-state index contributed by atoms with van der Waals surface area (Å²) >= 11 is 0. The molecule has 9 atom stereocenters. The Labute approximate surface area is 310 Å². The largest absolute Gasteiger partial charge is 0.446 e. The van der Waals surface area contributed by atoms with Gasteiger partial charge in [-0.3, -0.25) is 0 Å². The molecule has 0 spiro atoms. The summed E-state index contributed by atoms with van der Waals surface area (Å²) in [5, 5.41) is 3.06. The quantitative estimate of drug-likeness (QED) is 0.0771. The van der Waals surface area contributed by atoms with E-state index in [2.05, 4.69) is 78.4 Å². The predicted molar refractivity (Wildman–Crippen MR) is 211 cm³/mol. The number of nitrogens with zero attached hydrogens (tertiary/aromatic N) is 1. The summed E-state index contributed by atoms with van der Waals surface area (Å²) in [6.07, 6.45) is 23.5. The molecule has 0 saturated heterocycles. The van der Waals surface area contributed by atoms with Gasteiger partial charge in [0.1, 0.15) is 6.10 Å². The van der Waals surface area contributed by atoms with E-state index in [1.165, 1.54) is 77.0 Å². The number of carbonyl (C=O) groups excluding carboxylic acids is 1. The Hall–Kier alpha value is -0.680. The average molecular weight is 719 g/mol. The summed E-state index contributed by atoms with van der Waals surface area (Å²) in [7, 11) is 0.767. The third kappa shape index (κ3) is 10.5. The Balaban J connectivity index is 1.12. The molecule has 0 bridgehead atoms. The van der Waals surface area contributed by atoms with Gasteiger partial charge in [-0.15, -0.1) is 0 Å². The number of fused-ring (bicyclic) bond motifs is 5. The summed E-state index contributed by atoms with van der Waals surface area (Å²) in [6, 6.07) is 0.805. The van der Waals surface area contributed by atoms with Gasteiger partial charge in [0.25, 0.3) is 8.53 Å². The minimum atomic E-state index is -0.988. The first-order chi connectivity index (χ1) is 23.8. The second-order valence-corrected chi connectivity index (χ2v) is 20.0. The van der Waals surface area contributed by atoms with Gasteiger partial charge < -0.3 is 19.1 Å². The maximum Gasteiger partial charge on any atom is 0.407 e. The number of ether oxygens (including phenoxy) is 1. The molecule has 4 aliphatic rings. The van der Waals surface area contributed by atoms with Gasteiger partial charge >= 0.3 is 6.09 Å². The van der Waals surface area contributed by atoms with E-state index >= 15 is 0 Å². The van der Waals surface area contributed by atoms with Crippen LogP contribution in [0.1, 0.15) is 171 Å². The first kappa shape index (κ1) is 42.1. The highest BCUT2D eigenvalue weighted by atomic mass is 31.2. The fourth-order valence-corrected chi connectivity index (χ4v) is 12.9. The van der Waals surface area contributed by atoms with Crippen molar-refractivity contribution < 1.29 is 18.6 Å². The van der Waals surface area contributed by atoms with Crippen LogP contribution in [0.2, 0.25) is 0 Å². The van der Waals surface area contributed by atoms with Crippen molar-refractivity contribution in [2.45, 2.75) is 190 Å². The minimum absolute atomic E-state index is 0.0248. The predicted octanol–water partition coefficient (Wildman–Crippen LogP) is 12.5. The smallest absolute Gasteiger partial charge is 0.407 e. The number of carbonyl (C=O) groups is 1. The monoisotopic (exact) mass is 719 g/mol. The van der Waals surface area contributed by atoms with Crippen LogP contribution in [0.4, 0.5) is 4.79 Å². The van der Waals surface area contributed by atoms with Crippen molar-refractivity contribution in [3.63, 3.8) is 0 Å². The molecule has 0 aromatic rings. The topological polar surface area (TPSA) is 60.0 Å². The normalized spacial score (nSPS) is 32.1. The highest BCUT2D eigenvalue weighted by molar-refractivity contribution is 7.44. The van der Waals surface area contributed by atoms with Gasteiger partial charge in [0.15, 0.2) is 0 Å². The zero-order chi connectivity index (χ0) is 36.5. The van der Waals surface area contributed by atoms with Gasteiger partial charge in [0.05, 0.1) is 6.61 Å². The number of rotatable bonds is 20. The van der Waals surface area contributed by atoms with Crippen LogP contribution in [0.25, 0.3) is 0 Å². The van der Waals surface area contributed by atoms with Crippen molar-refractivity contribution in [3.05, 3.63) is 11.6 Å². The van der Waals surface area contributed by atoms with Crippen molar-refractivity contribution in [3.8, 4) is 0 Å². The fourth-order valence-electron chi connectivity index (χ4n) is 11.4. The number of amides is 1. The van der Waals surface area contributed by atoms with Crippen LogP contribution >= 0.6 is 8.53 Å². The molecule has 0 aromatic carbocycles. The SMILES string of the molecule is COP(OCCCCCCCCNC(=O)OC1CC[C@@]2(C)C(=CCC3C2CC[C@@]2(C)C3CC[C@@H]2[C@H](C)CCCC(C)C)C1)N(C(C)C)C(C)C. The van der Waals surface area contributed by atoms with Gasteiger partial charge in [-0.2, -0.15) is 0 Å². The first-order valence-corrected chi connectivity index (χ1v) is 22.3. The number of allylic oxidation sites excluding steroid dienone is 1. The lowest BCUT2D eigenvalue weighted by molar-refractivity contribution is -0.0581. The summed E-state index contributed by atoms with van der Waals surface area (Å²) in [6.45, 7) is 22.8. The van der Waals surface area contributed by atoms with Crippen molar-refractivity contribution in [1.29, 1.82) is 0 Å². The highest BCUT2D eigenvalue weighted by Gasteiger charge is 2.59. The molecule has 4 rings (SSSR count). The van der Waals surface area contributed by atoms with E-state index in [1.54, 1.807) is 12.7 Å². The average Bonchev–Trinajstić information content (AvgIpc) is 3.41. The Morgan fingerprint density at radius 3 is 2.26 bits per heavy atom. The van der Waals surface area contributed by atoms with Crippen molar-refractivity contribution in [2.75, 3.05) is 20.3 Å². The molecule has 3 fully saturated rings. The molecule has 7 heteroatoms. The van der Waals surface area contributed by atoms with Crippen molar-refractivity contribution in [2.24, 2.45) is 46.3 Å². The number of alkyl carbamates (subject to hydrolysis) is 1. The van der Waals surface area contributed by atoms with Crippen LogP contribution in [-0.4, -0.2) is 49.2 Å². The van der Waals surface area contributed by atoms with Crippen molar-refractivity contribution >= 4 is 14.6 Å². The summed E-state index contributed by atoms with van der Waals surface area (Å²) < 4.78 is 20.1. The molecule has 4 aliphatic carbocycles. The van der Waals surface area contributed by atoms with E-state index in [1.807, 2.05) is 0 Å². The maximum atomic E-state index is 12.8. The van der Waals surface area contributed by atoms with Gasteiger partial charge in [-0.25, -0.2) is 9.46 Å². The Morgan fingerprint density at radius 1 is 0.880 bits per heavy atom. The summed E-state index contributed by atoms with van der Waals surface area (Å²) in [5.74, 6) is 5.14. The maximum absolute atomic E-state index is 12.8. The Bertz CT molecular complexity index is 1060. The lowest BCUT2D eigenvalue weighted by Crippen LogP contribution is -2.51. The van der Waals surface area contributed by atoms with E-state index in [4.69, 9.17) is 13.8 Å². The van der Waals surface area contributed by atoms with Gasteiger partial charge in [-0.05, 0) is 132 Å². The van der Waals surface area contributed by atoms with Crippen LogP contribution in [0.5, 0.6) is 0 Å². The first-order valence-electron chi connectivity index (χ1n) is 21.2. The molecule has 0 aliphatic heterocycles. The van der Waals surface area contributed by atoms with Crippen LogP contribution in [-0.2, 0) is 13.8 Å². The fraction of sp³-hybridized carbons (Fsp3) is 0.930. The molecular formula is C43H79N2O4P. The molecule has 0 radical (unpaired) electrons. The third-order valence-corrected chi connectivity index (χ3v) is 16.0. The molecule has 0 heterocycles. The van der Waals surface area contributed by atoms with Crippen LogP contribution in [0, 0.1) is 46.3 Å².